The van der Waals surface area contributed by atoms with Gasteiger partial charge in [0.1, 0.15) is 5.82 Å². The summed E-state index contributed by atoms with van der Waals surface area (Å²) in [5.41, 5.74) is 2.77. The van der Waals surface area contributed by atoms with Gasteiger partial charge in [0, 0.05) is 23.1 Å². The standard InChI is InChI=1S/C12H13N3O2/c1-7-4-5-9(6-13-7)11-14-8(2)10(15-11)12(16)17-3/h4-6H,1-3H3,(H,14,15). The van der Waals surface area contributed by atoms with E-state index in [1.165, 1.54) is 7.11 Å². The molecule has 5 heteroatoms. The quantitative estimate of drug-likeness (QED) is 0.801. The molecule has 0 amide bonds. The number of aromatic amines is 1. The Kier molecular flexibility index (Phi) is 2.91. The number of aryl methyl sites for hydroxylation is 2. The number of nitrogens with one attached hydrogen (secondary N) is 1. The van der Waals surface area contributed by atoms with Gasteiger partial charge in [-0.15, -0.1) is 0 Å². The number of hydrogen-bond acceptors (Lipinski definition) is 4. The fraction of sp³-hybridized carbons (Fsp3) is 0.250. The molecule has 0 spiro atoms. The van der Waals surface area contributed by atoms with E-state index in [1.807, 2.05) is 19.1 Å². The number of hydrogen-bond donors (Lipinski definition) is 1. The molecule has 2 heterocycles. The molecule has 2 rings (SSSR count). The SMILES string of the molecule is COC(=O)c1nc(-c2ccc(C)nc2)[nH]c1C. The van der Waals surface area contributed by atoms with Gasteiger partial charge in [0.05, 0.1) is 7.11 Å². The van der Waals surface area contributed by atoms with Gasteiger partial charge in [-0.05, 0) is 26.0 Å². The molecular weight excluding hydrogens is 218 g/mol. The monoisotopic (exact) mass is 231 g/mol. The van der Waals surface area contributed by atoms with Crippen molar-refractivity contribution in [2.45, 2.75) is 13.8 Å². The normalized spacial score (nSPS) is 10.3. The number of nitrogens with zero attached hydrogens (tertiary/aromatic N) is 2. The maximum Gasteiger partial charge on any atom is 0.358 e. The first-order valence-electron chi connectivity index (χ1n) is 5.19. The predicted molar refractivity (Wildman–Crippen MR) is 62.6 cm³/mol. The van der Waals surface area contributed by atoms with Gasteiger partial charge in [-0.3, -0.25) is 4.98 Å². The van der Waals surface area contributed by atoms with Crippen molar-refractivity contribution in [3.05, 3.63) is 35.4 Å². The fourth-order valence-electron chi connectivity index (χ4n) is 1.50. The van der Waals surface area contributed by atoms with Crippen LogP contribution in [0.25, 0.3) is 11.4 Å². The van der Waals surface area contributed by atoms with Crippen LogP contribution in [0, 0.1) is 13.8 Å². The summed E-state index contributed by atoms with van der Waals surface area (Å²) in [6.45, 7) is 3.70. The Labute approximate surface area is 98.9 Å². The van der Waals surface area contributed by atoms with Crippen molar-refractivity contribution in [1.29, 1.82) is 0 Å². The fourth-order valence-corrected chi connectivity index (χ4v) is 1.50. The number of methoxy groups -OCH3 is 1. The highest BCUT2D eigenvalue weighted by atomic mass is 16.5. The van der Waals surface area contributed by atoms with Gasteiger partial charge in [-0.1, -0.05) is 0 Å². The highest BCUT2D eigenvalue weighted by molar-refractivity contribution is 5.89. The molecule has 2 aromatic heterocycles. The minimum absolute atomic E-state index is 0.308. The Morgan fingerprint density at radius 3 is 2.71 bits per heavy atom. The van der Waals surface area contributed by atoms with Crippen LogP contribution in [0.15, 0.2) is 18.3 Å². The molecule has 0 unspecified atom stereocenters. The smallest absolute Gasteiger partial charge is 0.358 e. The molecule has 0 bridgehead atoms. The van der Waals surface area contributed by atoms with Crippen molar-refractivity contribution in [2.24, 2.45) is 0 Å². The molecule has 2 aromatic rings. The molecule has 17 heavy (non-hydrogen) atoms. The van der Waals surface area contributed by atoms with Crippen LogP contribution in [0.1, 0.15) is 21.9 Å². The molecule has 0 atom stereocenters. The zero-order valence-electron chi connectivity index (χ0n) is 9.94. The predicted octanol–water partition coefficient (Wildman–Crippen LogP) is 1.88. The topological polar surface area (TPSA) is 67.9 Å². The third-order valence-electron chi connectivity index (χ3n) is 2.45. The van der Waals surface area contributed by atoms with E-state index >= 15 is 0 Å². The van der Waals surface area contributed by atoms with Gasteiger partial charge in [-0.25, -0.2) is 9.78 Å². The average Bonchev–Trinajstić information content (AvgIpc) is 2.71. The number of esters is 1. The molecule has 88 valence electrons. The Morgan fingerprint density at radius 1 is 1.35 bits per heavy atom. The van der Waals surface area contributed by atoms with Crippen molar-refractivity contribution in [3.8, 4) is 11.4 Å². The lowest BCUT2D eigenvalue weighted by molar-refractivity contribution is 0.0594. The summed E-state index contributed by atoms with van der Waals surface area (Å²) >= 11 is 0. The number of carbonyl (C=O) groups excluding carboxylic acids is 1. The Bertz CT molecular complexity index is 543. The summed E-state index contributed by atoms with van der Waals surface area (Å²) < 4.78 is 4.65. The van der Waals surface area contributed by atoms with Gasteiger partial charge in [-0.2, -0.15) is 0 Å². The van der Waals surface area contributed by atoms with E-state index in [9.17, 15) is 4.79 Å². The maximum absolute atomic E-state index is 11.4. The maximum atomic E-state index is 11.4. The van der Waals surface area contributed by atoms with Crippen molar-refractivity contribution >= 4 is 5.97 Å². The number of carbonyl (C=O) groups is 1. The van der Waals surface area contributed by atoms with Gasteiger partial charge in [0.15, 0.2) is 5.69 Å². The summed E-state index contributed by atoms with van der Waals surface area (Å²) in [6.07, 6.45) is 1.72. The van der Waals surface area contributed by atoms with E-state index < -0.39 is 5.97 Å². The van der Waals surface area contributed by atoms with Crippen LogP contribution in [0.5, 0.6) is 0 Å². The number of aromatic nitrogens is 3. The second-order valence-corrected chi connectivity index (χ2v) is 3.74. The van der Waals surface area contributed by atoms with E-state index in [0.29, 0.717) is 17.2 Å². The largest absolute Gasteiger partial charge is 0.464 e. The first-order valence-corrected chi connectivity index (χ1v) is 5.19. The van der Waals surface area contributed by atoms with Gasteiger partial charge in [0.2, 0.25) is 0 Å². The molecule has 0 radical (unpaired) electrons. The lowest BCUT2D eigenvalue weighted by atomic mass is 10.2. The first-order chi connectivity index (χ1) is 8.11. The number of H-pyrrole nitrogens is 1. The second-order valence-electron chi connectivity index (χ2n) is 3.74. The van der Waals surface area contributed by atoms with Crippen molar-refractivity contribution in [1.82, 2.24) is 15.0 Å². The molecule has 0 saturated heterocycles. The Balaban J connectivity index is 2.41. The number of ether oxygens (including phenoxy) is 1. The third kappa shape index (κ3) is 2.18. The zero-order valence-corrected chi connectivity index (χ0v) is 9.94. The van der Waals surface area contributed by atoms with E-state index in [0.717, 1.165) is 11.3 Å². The van der Waals surface area contributed by atoms with Crippen LogP contribution >= 0.6 is 0 Å². The summed E-state index contributed by atoms with van der Waals surface area (Å²) in [4.78, 5) is 22.8. The summed E-state index contributed by atoms with van der Waals surface area (Å²) in [5, 5.41) is 0. The highest BCUT2D eigenvalue weighted by Gasteiger charge is 2.15. The highest BCUT2D eigenvalue weighted by Crippen LogP contribution is 2.17. The molecule has 0 aromatic carbocycles. The molecule has 5 nitrogen and oxygen atoms in total. The Hall–Kier alpha value is -2.17. The van der Waals surface area contributed by atoms with Crippen molar-refractivity contribution in [2.75, 3.05) is 7.11 Å². The van der Waals surface area contributed by atoms with Crippen LogP contribution in [0.2, 0.25) is 0 Å². The second kappa shape index (κ2) is 4.37. The van der Waals surface area contributed by atoms with E-state index in [1.54, 1.807) is 13.1 Å². The minimum Gasteiger partial charge on any atom is -0.464 e. The summed E-state index contributed by atoms with van der Waals surface area (Å²) in [6, 6.07) is 3.80. The molecule has 0 fully saturated rings. The molecule has 0 aliphatic carbocycles. The molecule has 0 aliphatic rings. The van der Waals surface area contributed by atoms with Crippen LogP contribution in [-0.2, 0) is 4.74 Å². The lowest BCUT2D eigenvalue weighted by Crippen LogP contribution is -2.03. The van der Waals surface area contributed by atoms with E-state index in [-0.39, 0.29) is 0 Å². The zero-order chi connectivity index (χ0) is 12.4. The molecule has 0 saturated carbocycles. The number of rotatable bonds is 2. The average molecular weight is 231 g/mol. The molecular formula is C12H13N3O2. The summed E-state index contributed by atoms with van der Waals surface area (Å²) in [5.74, 6) is 0.181. The minimum atomic E-state index is -0.440. The number of pyridine rings is 1. The molecule has 0 aliphatic heterocycles. The van der Waals surface area contributed by atoms with Crippen LogP contribution in [0.4, 0.5) is 0 Å². The Morgan fingerprint density at radius 2 is 2.12 bits per heavy atom. The van der Waals surface area contributed by atoms with Crippen molar-refractivity contribution in [3.63, 3.8) is 0 Å². The number of imidazole rings is 1. The van der Waals surface area contributed by atoms with Crippen LogP contribution < -0.4 is 0 Å². The van der Waals surface area contributed by atoms with Crippen molar-refractivity contribution < 1.29 is 9.53 Å². The molecule has 1 N–H and O–H groups in total. The summed E-state index contributed by atoms with van der Waals surface area (Å²) in [7, 11) is 1.34. The lowest BCUT2D eigenvalue weighted by Gasteiger charge is -1.96. The first kappa shape index (κ1) is 11.3. The third-order valence-corrected chi connectivity index (χ3v) is 2.45. The van der Waals surface area contributed by atoms with E-state index in [2.05, 4.69) is 19.7 Å². The van der Waals surface area contributed by atoms with E-state index in [4.69, 9.17) is 0 Å². The van der Waals surface area contributed by atoms with Gasteiger partial charge in [0.25, 0.3) is 0 Å². The van der Waals surface area contributed by atoms with Gasteiger partial charge >= 0.3 is 5.97 Å². The van der Waals surface area contributed by atoms with Crippen LogP contribution in [-0.4, -0.2) is 28.0 Å². The van der Waals surface area contributed by atoms with Gasteiger partial charge < -0.3 is 9.72 Å². The van der Waals surface area contributed by atoms with Crippen LogP contribution in [0.3, 0.4) is 0 Å².